The van der Waals surface area contributed by atoms with Crippen molar-refractivity contribution >= 4 is 11.8 Å². The van der Waals surface area contributed by atoms with Gasteiger partial charge in [-0.15, -0.1) is 0 Å². The molecular weight excluding hydrogens is 412 g/mol. The Balaban J connectivity index is 1.99. The molecule has 2 aromatic rings. The smallest absolute Gasteiger partial charge is 0.242 e. The summed E-state index contributed by atoms with van der Waals surface area (Å²) in [7, 11) is 0. The molecule has 0 N–H and O–H groups in total. The van der Waals surface area contributed by atoms with E-state index >= 15 is 0 Å². The molecule has 33 heavy (non-hydrogen) atoms. The number of hydrogen-bond donors (Lipinski definition) is 0. The molecule has 0 radical (unpaired) electrons. The van der Waals surface area contributed by atoms with Crippen molar-refractivity contribution in [3.63, 3.8) is 0 Å². The van der Waals surface area contributed by atoms with Gasteiger partial charge in [0.15, 0.2) is 0 Å². The molecule has 1 heterocycles. The third kappa shape index (κ3) is 9.85. The number of carbonyl (C=O) groups is 2. The third-order valence-electron chi connectivity index (χ3n) is 6.29. The van der Waals surface area contributed by atoms with Crippen LogP contribution in [0.25, 0.3) is 0 Å². The van der Waals surface area contributed by atoms with Gasteiger partial charge < -0.3 is 14.2 Å². The van der Waals surface area contributed by atoms with Gasteiger partial charge in [-0.2, -0.15) is 0 Å². The summed E-state index contributed by atoms with van der Waals surface area (Å²) in [5.74, 6) is 0.818. The molecule has 1 aromatic heterocycles. The fourth-order valence-electron chi connectivity index (χ4n) is 3.95. The Bertz CT molecular complexity index is 789. The van der Waals surface area contributed by atoms with Crippen LogP contribution in [0.3, 0.4) is 0 Å². The SMILES string of the molecule is CCCCCCCCC(=O)N(CC(=O)N(CCc1ccccc1)Cc1ccco1)C(C)CC. The Kier molecular flexibility index (Phi) is 12.4. The number of hydrogen-bond acceptors (Lipinski definition) is 3. The minimum absolute atomic E-state index is 0.0288. The van der Waals surface area contributed by atoms with Crippen molar-refractivity contribution in [1.29, 1.82) is 0 Å². The van der Waals surface area contributed by atoms with Gasteiger partial charge in [0, 0.05) is 19.0 Å². The van der Waals surface area contributed by atoms with Gasteiger partial charge in [0.05, 0.1) is 12.8 Å². The second kappa shape index (κ2) is 15.3. The van der Waals surface area contributed by atoms with Gasteiger partial charge in [-0.25, -0.2) is 0 Å². The first-order chi connectivity index (χ1) is 16.0. The zero-order valence-electron chi connectivity index (χ0n) is 20.8. The molecule has 1 aromatic carbocycles. The summed E-state index contributed by atoms with van der Waals surface area (Å²) in [5, 5.41) is 0. The zero-order valence-corrected chi connectivity index (χ0v) is 20.8. The van der Waals surface area contributed by atoms with Crippen molar-refractivity contribution in [2.24, 2.45) is 0 Å². The molecule has 1 unspecified atom stereocenters. The van der Waals surface area contributed by atoms with Gasteiger partial charge in [0.1, 0.15) is 12.3 Å². The molecule has 0 aliphatic carbocycles. The Labute approximate surface area is 200 Å². The Morgan fingerprint density at radius 3 is 2.30 bits per heavy atom. The van der Waals surface area contributed by atoms with Crippen LogP contribution in [0.15, 0.2) is 53.1 Å². The van der Waals surface area contributed by atoms with Crippen molar-refractivity contribution in [1.82, 2.24) is 9.80 Å². The molecule has 0 fully saturated rings. The van der Waals surface area contributed by atoms with Gasteiger partial charge in [0.25, 0.3) is 0 Å². The Morgan fingerprint density at radius 1 is 0.909 bits per heavy atom. The van der Waals surface area contributed by atoms with E-state index in [0.29, 0.717) is 19.5 Å². The van der Waals surface area contributed by atoms with E-state index in [4.69, 9.17) is 4.42 Å². The van der Waals surface area contributed by atoms with E-state index in [1.54, 1.807) is 11.2 Å². The second-order valence-electron chi connectivity index (χ2n) is 8.93. The molecule has 5 nitrogen and oxygen atoms in total. The molecule has 0 aliphatic heterocycles. The van der Waals surface area contributed by atoms with Crippen LogP contribution < -0.4 is 0 Å². The van der Waals surface area contributed by atoms with Crippen LogP contribution in [0, 0.1) is 0 Å². The number of unbranched alkanes of at least 4 members (excludes halogenated alkanes) is 5. The third-order valence-corrected chi connectivity index (χ3v) is 6.29. The van der Waals surface area contributed by atoms with E-state index < -0.39 is 0 Å². The predicted octanol–water partition coefficient (Wildman–Crippen LogP) is 6.23. The van der Waals surface area contributed by atoms with E-state index in [9.17, 15) is 9.59 Å². The first-order valence-electron chi connectivity index (χ1n) is 12.7. The average Bonchev–Trinajstić information content (AvgIpc) is 3.35. The minimum atomic E-state index is -0.0288. The van der Waals surface area contributed by atoms with Crippen LogP contribution in [0.5, 0.6) is 0 Å². The topological polar surface area (TPSA) is 53.8 Å². The fraction of sp³-hybridized carbons (Fsp3) is 0.571. The first kappa shape index (κ1) is 26.7. The highest BCUT2D eigenvalue weighted by atomic mass is 16.3. The van der Waals surface area contributed by atoms with Gasteiger partial charge in [-0.1, -0.05) is 76.3 Å². The largest absolute Gasteiger partial charge is 0.467 e. The lowest BCUT2D eigenvalue weighted by molar-refractivity contribution is -0.142. The van der Waals surface area contributed by atoms with Gasteiger partial charge >= 0.3 is 0 Å². The number of benzene rings is 1. The van der Waals surface area contributed by atoms with E-state index in [-0.39, 0.29) is 24.4 Å². The van der Waals surface area contributed by atoms with Crippen molar-refractivity contribution < 1.29 is 14.0 Å². The lowest BCUT2D eigenvalue weighted by Crippen LogP contribution is -2.46. The predicted molar refractivity (Wildman–Crippen MR) is 134 cm³/mol. The molecule has 0 saturated carbocycles. The van der Waals surface area contributed by atoms with E-state index in [2.05, 4.69) is 26.0 Å². The normalized spacial score (nSPS) is 11.8. The highest BCUT2D eigenvalue weighted by Crippen LogP contribution is 2.14. The average molecular weight is 455 g/mol. The lowest BCUT2D eigenvalue weighted by Gasteiger charge is -2.31. The number of furan rings is 1. The highest BCUT2D eigenvalue weighted by Gasteiger charge is 2.25. The molecular formula is C28H42N2O3. The van der Waals surface area contributed by atoms with Crippen LogP contribution in [-0.4, -0.2) is 40.7 Å². The molecule has 0 spiro atoms. The summed E-state index contributed by atoms with van der Waals surface area (Å²) < 4.78 is 5.51. The minimum Gasteiger partial charge on any atom is -0.467 e. The molecule has 1 atom stereocenters. The van der Waals surface area contributed by atoms with Crippen LogP contribution in [0.4, 0.5) is 0 Å². The van der Waals surface area contributed by atoms with E-state index in [0.717, 1.165) is 31.4 Å². The molecule has 0 bridgehead atoms. The van der Waals surface area contributed by atoms with Crippen LogP contribution in [0.2, 0.25) is 0 Å². The number of rotatable bonds is 16. The van der Waals surface area contributed by atoms with Crippen molar-refractivity contribution in [2.75, 3.05) is 13.1 Å². The number of amides is 2. The fourth-order valence-corrected chi connectivity index (χ4v) is 3.95. The number of carbonyl (C=O) groups excluding carboxylic acids is 2. The molecule has 0 saturated heterocycles. The van der Waals surface area contributed by atoms with Gasteiger partial charge in [-0.05, 0) is 43.9 Å². The lowest BCUT2D eigenvalue weighted by atomic mass is 10.1. The maximum Gasteiger partial charge on any atom is 0.242 e. The molecule has 5 heteroatoms. The summed E-state index contributed by atoms with van der Waals surface area (Å²) in [6, 6.07) is 13.9. The second-order valence-corrected chi connectivity index (χ2v) is 8.93. The molecule has 2 amide bonds. The van der Waals surface area contributed by atoms with Crippen molar-refractivity contribution in [3.05, 3.63) is 60.1 Å². The molecule has 182 valence electrons. The Morgan fingerprint density at radius 2 is 1.64 bits per heavy atom. The summed E-state index contributed by atoms with van der Waals surface area (Å²) in [4.78, 5) is 30.0. The van der Waals surface area contributed by atoms with Gasteiger partial charge in [-0.3, -0.25) is 9.59 Å². The Hall–Kier alpha value is -2.56. The van der Waals surface area contributed by atoms with Crippen LogP contribution in [-0.2, 0) is 22.6 Å². The van der Waals surface area contributed by atoms with Crippen LogP contribution >= 0.6 is 0 Å². The maximum absolute atomic E-state index is 13.4. The van der Waals surface area contributed by atoms with Crippen molar-refractivity contribution in [2.45, 2.75) is 91.1 Å². The van der Waals surface area contributed by atoms with E-state index in [1.807, 2.05) is 42.2 Å². The molecule has 2 rings (SSSR count). The summed E-state index contributed by atoms with van der Waals surface area (Å²) >= 11 is 0. The first-order valence-corrected chi connectivity index (χ1v) is 12.7. The molecule has 0 aliphatic rings. The zero-order chi connectivity index (χ0) is 23.9. The standard InChI is InChI=1S/C28H42N2O3/c1-4-6-7-8-9-13-18-27(31)30(24(3)5-2)23-28(32)29(22-26-17-14-21-33-26)20-19-25-15-11-10-12-16-25/h10-12,14-17,21,24H,4-9,13,18-20,22-23H2,1-3H3. The monoisotopic (exact) mass is 454 g/mol. The van der Waals surface area contributed by atoms with Crippen molar-refractivity contribution in [3.8, 4) is 0 Å². The summed E-state index contributed by atoms with van der Waals surface area (Å²) in [6.07, 6.45) is 10.6. The van der Waals surface area contributed by atoms with E-state index in [1.165, 1.54) is 31.2 Å². The number of nitrogens with zero attached hydrogens (tertiary/aromatic N) is 2. The maximum atomic E-state index is 13.4. The van der Waals surface area contributed by atoms with Gasteiger partial charge in [0.2, 0.25) is 11.8 Å². The summed E-state index contributed by atoms with van der Waals surface area (Å²) in [5.41, 5.74) is 1.19. The summed E-state index contributed by atoms with van der Waals surface area (Å²) in [6.45, 7) is 7.43. The highest BCUT2D eigenvalue weighted by molar-refractivity contribution is 5.85. The van der Waals surface area contributed by atoms with Crippen LogP contribution in [0.1, 0.15) is 83.5 Å². The quantitative estimate of drug-likeness (QED) is 0.283.